The van der Waals surface area contributed by atoms with E-state index in [1.54, 1.807) is 6.92 Å². The Hall–Kier alpha value is -2.24. The van der Waals surface area contributed by atoms with Crippen molar-refractivity contribution in [2.45, 2.75) is 39.2 Å². The van der Waals surface area contributed by atoms with E-state index in [4.69, 9.17) is 15.6 Å². The number of nitrogens with one attached hydrogen (secondary N) is 1. The van der Waals surface area contributed by atoms with Crippen molar-refractivity contribution in [2.75, 3.05) is 12.3 Å². The van der Waals surface area contributed by atoms with Gasteiger partial charge < -0.3 is 20.9 Å². The molecule has 0 heterocycles. The number of anilines is 1. The van der Waals surface area contributed by atoms with Gasteiger partial charge in [0.25, 0.3) is 5.91 Å². The van der Waals surface area contributed by atoms with E-state index in [1.807, 2.05) is 0 Å². The second-order valence-corrected chi connectivity index (χ2v) is 4.81. The van der Waals surface area contributed by atoms with Crippen LogP contribution in [0, 0.1) is 0 Å². The van der Waals surface area contributed by atoms with Gasteiger partial charge in [0, 0.05) is 18.3 Å². The lowest BCUT2D eigenvalue weighted by atomic mass is 10.2. The molecule has 0 aliphatic heterocycles. The first-order chi connectivity index (χ1) is 9.95. The predicted octanol–water partition coefficient (Wildman–Crippen LogP) is 2.04. The molecule has 1 atom stereocenters. The Bertz CT molecular complexity index is 502. The highest BCUT2D eigenvalue weighted by atomic mass is 16.5. The molecule has 0 saturated heterocycles. The fourth-order valence-electron chi connectivity index (χ4n) is 1.80. The van der Waals surface area contributed by atoms with Crippen molar-refractivity contribution in [2.24, 2.45) is 0 Å². The summed E-state index contributed by atoms with van der Waals surface area (Å²) in [6, 6.07) is 4.25. The second-order valence-electron chi connectivity index (χ2n) is 4.81. The summed E-state index contributed by atoms with van der Waals surface area (Å²) >= 11 is 0. The first kappa shape index (κ1) is 16.8. The summed E-state index contributed by atoms with van der Waals surface area (Å²) in [5.41, 5.74) is 5.75. The molecule has 6 heteroatoms. The minimum absolute atomic E-state index is 0.0130. The lowest BCUT2D eigenvalue weighted by Gasteiger charge is -2.15. The number of hydrogen-bond donors (Lipinski definition) is 3. The van der Waals surface area contributed by atoms with Crippen molar-refractivity contribution in [1.82, 2.24) is 5.32 Å². The van der Waals surface area contributed by atoms with Crippen molar-refractivity contribution >= 4 is 17.6 Å². The summed E-state index contributed by atoms with van der Waals surface area (Å²) in [6.07, 6.45) is 2.44. The number of amides is 1. The molecule has 1 aromatic rings. The Morgan fingerprint density at radius 1 is 1.38 bits per heavy atom. The number of ether oxygens (including phenoxy) is 1. The molecule has 6 nitrogen and oxygen atoms in total. The standard InChI is InChI=1S/C15H22N2O4/c1-3-4-5-8-17-14(18)10(2)21-11-6-7-12(15(19)20)13(16)9-11/h6-7,9-10H,3-5,8,16H2,1-2H3,(H,17,18)(H,19,20). The number of rotatable bonds is 8. The number of nitrogens with two attached hydrogens (primary N) is 1. The third-order valence-corrected chi connectivity index (χ3v) is 3.02. The Labute approximate surface area is 124 Å². The zero-order chi connectivity index (χ0) is 15.8. The van der Waals surface area contributed by atoms with Crippen LogP contribution in [0.5, 0.6) is 5.75 Å². The third-order valence-electron chi connectivity index (χ3n) is 3.02. The molecule has 1 rings (SSSR count). The molecular weight excluding hydrogens is 272 g/mol. The highest BCUT2D eigenvalue weighted by Crippen LogP contribution is 2.21. The van der Waals surface area contributed by atoms with Crippen LogP contribution in [0.25, 0.3) is 0 Å². The quantitative estimate of drug-likeness (QED) is 0.503. The molecule has 1 aromatic carbocycles. The molecule has 0 spiro atoms. The monoisotopic (exact) mass is 294 g/mol. The van der Waals surface area contributed by atoms with Gasteiger partial charge in [0.15, 0.2) is 6.10 Å². The first-order valence-corrected chi connectivity index (χ1v) is 7.03. The third kappa shape index (κ3) is 5.33. The van der Waals surface area contributed by atoms with Gasteiger partial charge in [-0.3, -0.25) is 4.79 Å². The maximum absolute atomic E-state index is 11.8. The number of carbonyl (C=O) groups excluding carboxylic acids is 1. The van der Waals surface area contributed by atoms with Crippen LogP contribution in [0.4, 0.5) is 5.69 Å². The van der Waals surface area contributed by atoms with Gasteiger partial charge in [-0.1, -0.05) is 19.8 Å². The minimum atomic E-state index is -1.10. The van der Waals surface area contributed by atoms with Crippen LogP contribution in [0.1, 0.15) is 43.5 Å². The van der Waals surface area contributed by atoms with Crippen LogP contribution in [0.2, 0.25) is 0 Å². The van der Waals surface area contributed by atoms with Gasteiger partial charge in [-0.25, -0.2) is 4.79 Å². The number of nitrogen functional groups attached to an aromatic ring is 1. The van der Waals surface area contributed by atoms with E-state index in [1.165, 1.54) is 18.2 Å². The van der Waals surface area contributed by atoms with Gasteiger partial charge in [-0.15, -0.1) is 0 Å². The van der Waals surface area contributed by atoms with Gasteiger partial charge in [0.2, 0.25) is 0 Å². The number of carboxylic acids is 1. The average molecular weight is 294 g/mol. The summed E-state index contributed by atoms with van der Waals surface area (Å²) in [4.78, 5) is 22.7. The largest absolute Gasteiger partial charge is 0.481 e. The molecule has 0 aliphatic rings. The van der Waals surface area contributed by atoms with Crippen molar-refractivity contribution in [1.29, 1.82) is 0 Å². The minimum Gasteiger partial charge on any atom is -0.481 e. The van der Waals surface area contributed by atoms with Crippen molar-refractivity contribution < 1.29 is 19.4 Å². The van der Waals surface area contributed by atoms with E-state index >= 15 is 0 Å². The molecule has 4 N–H and O–H groups in total. The van der Waals surface area contributed by atoms with Crippen LogP contribution in [-0.2, 0) is 4.79 Å². The van der Waals surface area contributed by atoms with Crippen molar-refractivity contribution in [3.05, 3.63) is 23.8 Å². The van der Waals surface area contributed by atoms with Crippen LogP contribution in [-0.4, -0.2) is 29.6 Å². The molecule has 21 heavy (non-hydrogen) atoms. The number of unbranched alkanes of at least 4 members (excludes halogenated alkanes) is 2. The normalized spacial score (nSPS) is 11.7. The summed E-state index contributed by atoms with van der Waals surface area (Å²) in [6.45, 7) is 4.36. The number of hydrogen-bond acceptors (Lipinski definition) is 4. The lowest BCUT2D eigenvalue weighted by Crippen LogP contribution is -2.36. The Balaban J connectivity index is 2.54. The zero-order valence-electron chi connectivity index (χ0n) is 12.4. The fourth-order valence-corrected chi connectivity index (χ4v) is 1.80. The molecule has 0 aliphatic carbocycles. The predicted molar refractivity (Wildman–Crippen MR) is 80.4 cm³/mol. The van der Waals surface area contributed by atoms with E-state index in [-0.39, 0.29) is 17.2 Å². The van der Waals surface area contributed by atoms with Crippen LogP contribution in [0.15, 0.2) is 18.2 Å². The molecule has 0 radical (unpaired) electrons. The van der Waals surface area contributed by atoms with E-state index in [2.05, 4.69) is 12.2 Å². The smallest absolute Gasteiger partial charge is 0.337 e. The summed E-state index contributed by atoms with van der Waals surface area (Å²) < 4.78 is 5.46. The van der Waals surface area contributed by atoms with E-state index in [9.17, 15) is 9.59 Å². The zero-order valence-corrected chi connectivity index (χ0v) is 12.4. The number of carbonyl (C=O) groups is 2. The van der Waals surface area contributed by atoms with Gasteiger partial charge in [0.1, 0.15) is 5.75 Å². The molecular formula is C15H22N2O4. The highest BCUT2D eigenvalue weighted by molar-refractivity contribution is 5.93. The number of carboxylic acid groups (broad SMARTS) is 1. The van der Waals surface area contributed by atoms with Crippen LogP contribution in [0.3, 0.4) is 0 Å². The molecule has 0 bridgehead atoms. The SMILES string of the molecule is CCCCCNC(=O)C(C)Oc1ccc(C(=O)O)c(N)c1. The van der Waals surface area contributed by atoms with Crippen LogP contribution < -0.4 is 15.8 Å². The molecule has 1 amide bonds. The summed E-state index contributed by atoms with van der Waals surface area (Å²) in [5.74, 6) is -0.929. The molecule has 0 aromatic heterocycles. The lowest BCUT2D eigenvalue weighted by molar-refractivity contribution is -0.127. The van der Waals surface area contributed by atoms with Gasteiger partial charge in [-0.2, -0.15) is 0 Å². The molecule has 0 saturated carbocycles. The van der Waals surface area contributed by atoms with E-state index < -0.39 is 12.1 Å². The van der Waals surface area contributed by atoms with Gasteiger partial charge in [-0.05, 0) is 25.5 Å². The Morgan fingerprint density at radius 3 is 2.67 bits per heavy atom. The molecule has 116 valence electrons. The van der Waals surface area contributed by atoms with Crippen LogP contribution >= 0.6 is 0 Å². The summed E-state index contributed by atoms with van der Waals surface area (Å²) in [7, 11) is 0. The van der Waals surface area contributed by atoms with E-state index in [0.717, 1.165) is 19.3 Å². The number of benzene rings is 1. The average Bonchev–Trinajstić information content (AvgIpc) is 2.43. The fraction of sp³-hybridized carbons (Fsp3) is 0.467. The topological polar surface area (TPSA) is 102 Å². The van der Waals surface area contributed by atoms with E-state index in [0.29, 0.717) is 12.3 Å². The van der Waals surface area contributed by atoms with Gasteiger partial charge in [0.05, 0.1) is 5.56 Å². The maximum Gasteiger partial charge on any atom is 0.337 e. The number of aromatic carboxylic acids is 1. The molecule has 1 unspecified atom stereocenters. The Kier molecular flexibility index (Phi) is 6.52. The molecule has 0 fully saturated rings. The first-order valence-electron chi connectivity index (χ1n) is 7.03. The second kappa shape index (κ2) is 8.14. The maximum atomic E-state index is 11.8. The van der Waals surface area contributed by atoms with Gasteiger partial charge >= 0.3 is 5.97 Å². The van der Waals surface area contributed by atoms with Crippen molar-refractivity contribution in [3.8, 4) is 5.75 Å². The highest BCUT2D eigenvalue weighted by Gasteiger charge is 2.15. The van der Waals surface area contributed by atoms with Crippen molar-refractivity contribution in [3.63, 3.8) is 0 Å². The summed E-state index contributed by atoms with van der Waals surface area (Å²) in [5, 5.41) is 11.7. The Morgan fingerprint density at radius 2 is 2.10 bits per heavy atom.